The third kappa shape index (κ3) is 3.20. The van der Waals surface area contributed by atoms with E-state index >= 15 is 0 Å². The summed E-state index contributed by atoms with van der Waals surface area (Å²) < 4.78 is 5.46. The molecule has 2 atom stereocenters. The van der Waals surface area contributed by atoms with Gasteiger partial charge in [-0.25, -0.2) is 4.79 Å². The number of fused-ring (bicyclic) bond motifs is 1. The van der Waals surface area contributed by atoms with Gasteiger partial charge in [-0.05, 0) is 12.5 Å². The summed E-state index contributed by atoms with van der Waals surface area (Å²) in [5.74, 6) is -0.690. The molecule has 108 valence electrons. The summed E-state index contributed by atoms with van der Waals surface area (Å²) in [7, 11) is 0. The summed E-state index contributed by atoms with van der Waals surface area (Å²) in [6.07, 6.45) is 0.477. The van der Waals surface area contributed by atoms with E-state index in [9.17, 15) is 9.59 Å². The van der Waals surface area contributed by atoms with Crippen LogP contribution in [0.2, 0.25) is 0 Å². The monoisotopic (exact) mass is 278 g/mol. The number of carboxylic acids is 1. The van der Waals surface area contributed by atoms with Gasteiger partial charge < -0.3 is 20.5 Å². The minimum absolute atomic E-state index is 0.118. The standard InChI is InChI=1S/C14H18N2O4/c1-2-9(13(17)18)7-15-14(19)16-11-8-20-12-6-4-3-5-10(11)12/h3-6,9,11H,2,7-8H2,1H3,(H,17,18)(H2,15,16,19). The number of hydrogen-bond acceptors (Lipinski definition) is 3. The molecule has 0 aliphatic carbocycles. The van der Waals surface area contributed by atoms with Crippen LogP contribution in [-0.2, 0) is 4.79 Å². The Bertz CT molecular complexity index is 504. The fourth-order valence-electron chi connectivity index (χ4n) is 2.11. The van der Waals surface area contributed by atoms with E-state index in [0.29, 0.717) is 13.0 Å². The van der Waals surface area contributed by atoms with E-state index in [4.69, 9.17) is 9.84 Å². The first-order valence-electron chi connectivity index (χ1n) is 6.60. The van der Waals surface area contributed by atoms with Crippen LogP contribution in [0.25, 0.3) is 0 Å². The van der Waals surface area contributed by atoms with Crippen molar-refractivity contribution >= 4 is 12.0 Å². The minimum atomic E-state index is -0.901. The SMILES string of the molecule is CCC(CNC(=O)NC1COc2ccccc21)C(=O)O. The number of para-hydroxylation sites is 1. The van der Waals surface area contributed by atoms with Gasteiger partial charge in [0.25, 0.3) is 0 Å². The highest BCUT2D eigenvalue weighted by atomic mass is 16.5. The summed E-state index contributed by atoms with van der Waals surface area (Å²) in [5, 5.41) is 14.3. The topological polar surface area (TPSA) is 87.7 Å². The summed E-state index contributed by atoms with van der Waals surface area (Å²) in [6, 6.07) is 6.94. The van der Waals surface area contributed by atoms with E-state index in [2.05, 4.69) is 10.6 Å². The Hall–Kier alpha value is -2.24. The lowest BCUT2D eigenvalue weighted by molar-refractivity contribution is -0.141. The van der Waals surface area contributed by atoms with E-state index in [1.54, 1.807) is 6.92 Å². The maximum atomic E-state index is 11.8. The first kappa shape index (κ1) is 14.2. The molecular formula is C14H18N2O4. The second-order valence-electron chi connectivity index (χ2n) is 4.70. The lowest BCUT2D eigenvalue weighted by Gasteiger charge is -2.15. The zero-order valence-electron chi connectivity index (χ0n) is 11.3. The van der Waals surface area contributed by atoms with Crippen molar-refractivity contribution in [2.75, 3.05) is 13.2 Å². The van der Waals surface area contributed by atoms with Gasteiger partial charge in [-0.3, -0.25) is 4.79 Å². The Balaban J connectivity index is 1.86. The second kappa shape index (κ2) is 6.27. The molecule has 20 heavy (non-hydrogen) atoms. The first-order valence-corrected chi connectivity index (χ1v) is 6.60. The lowest BCUT2D eigenvalue weighted by atomic mass is 10.1. The second-order valence-corrected chi connectivity index (χ2v) is 4.70. The van der Waals surface area contributed by atoms with Crippen LogP contribution in [0.1, 0.15) is 24.9 Å². The van der Waals surface area contributed by atoms with Gasteiger partial charge in [0.2, 0.25) is 0 Å². The zero-order valence-corrected chi connectivity index (χ0v) is 11.3. The van der Waals surface area contributed by atoms with Gasteiger partial charge in [0.05, 0.1) is 12.0 Å². The highest BCUT2D eigenvalue weighted by molar-refractivity contribution is 5.76. The van der Waals surface area contributed by atoms with Crippen LogP contribution >= 0.6 is 0 Å². The number of aliphatic carboxylic acids is 1. The van der Waals surface area contributed by atoms with E-state index in [0.717, 1.165) is 11.3 Å². The number of benzene rings is 1. The predicted molar refractivity (Wildman–Crippen MR) is 72.6 cm³/mol. The molecule has 1 heterocycles. The number of amides is 2. The molecule has 2 unspecified atom stereocenters. The summed E-state index contributed by atoms with van der Waals surface area (Å²) in [5.41, 5.74) is 0.938. The third-order valence-electron chi connectivity index (χ3n) is 3.36. The average molecular weight is 278 g/mol. The molecule has 1 aliphatic rings. The Morgan fingerprint density at radius 3 is 2.90 bits per heavy atom. The van der Waals surface area contributed by atoms with Gasteiger partial charge in [0, 0.05) is 12.1 Å². The van der Waals surface area contributed by atoms with Crippen molar-refractivity contribution in [2.45, 2.75) is 19.4 Å². The van der Waals surface area contributed by atoms with Crippen molar-refractivity contribution in [3.63, 3.8) is 0 Å². The van der Waals surface area contributed by atoms with Gasteiger partial charge in [-0.15, -0.1) is 0 Å². The average Bonchev–Trinajstić information content (AvgIpc) is 2.82. The minimum Gasteiger partial charge on any atom is -0.491 e. The van der Waals surface area contributed by atoms with E-state index < -0.39 is 11.9 Å². The molecule has 1 aliphatic heterocycles. The van der Waals surface area contributed by atoms with Gasteiger partial charge in [-0.1, -0.05) is 25.1 Å². The van der Waals surface area contributed by atoms with Crippen LogP contribution < -0.4 is 15.4 Å². The number of urea groups is 1. The largest absolute Gasteiger partial charge is 0.491 e. The molecule has 0 aromatic heterocycles. The lowest BCUT2D eigenvalue weighted by Crippen LogP contribution is -2.41. The Morgan fingerprint density at radius 2 is 2.20 bits per heavy atom. The molecule has 0 fully saturated rings. The van der Waals surface area contributed by atoms with Crippen molar-refractivity contribution in [3.8, 4) is 5.75 Å². The van der Waals surface area contributed by atoms with E-state index in [1.165, 1.54) is 0 Å². The highest BCUT2D eigenvalue weighted by Crippen LogP contribution is 2.31. The van der Waals surface area contributed by atoms with Gasteiger partial charge >= 0.3 is 12.0 Å². The molecule has 2 rings (SSSR count). The number of carboxylic acid groups (broad SMARTS) is 1. The molecule has 0 spiro atoms. The van der Waals surface area contributed by atoms with Crippen LogP contribution in [0.3, 0.4) is 0 Å². The smallest absolute Gasteiger partial charge is 0.315 e. The molecule has 6 nitrogen and oxygen atoms in total. The molecule has 2 amide bonds. The number of hydrogen-bond donors (Lipinski definition) is 3. The van der Waals surface area contributed by atoms with Crippen LogP contribution in [0.4, 0.5) is 4.79 Å². The highest BCUT2D eigenvalue weighted by Gasteiger charge is 2.25. The van der Waals surface area contributed by atoms with Gasteiger partial charge in [-0.2, -0.15) is 0 Å². The van der Waals surface area contributed by atoms with E-state index in [1.807, 2.05) is 24.3 Å². The fraction of sp³-hybridized carbons (Fsp3) is 0.429. The maximum absolute atomic E-state index is 11.8. The first-order chi connectivity index (χ1) is 9.61. The molecule has 3 N–H and O–H groups in total. The van der Waals surface area contributed by atoms with Crippen molar-refractivity contribution in [3.05, 3.63) is 29.8 Å². The number of carbonyl (C=O) groups excluding carboxylic acids is 1. The molecule has 6 heteroatoms. The number of rotatable bonds is 5. The summed E-state index contributed by atoms with van der Waals surface area (Å²) in [6.45, 7) is 2.29. The van der Waals surface area contributed by atoms with Crippen molar-refractivity contribution in [2.24, 2.45) is 5.92 Å². The fourth-order valence-corrected chi connectivity index (χ4v) is 2.11. The van der Waals surface area contributed by atoms with Crippen molar-refractivity contribution in [1.29, 1.82) is 0 Å². The zero-order chi connectivity index (χ0) is 14.5. The normalized spacial score (nSPS) is 17.8. The number of nitrogens with one attached hydrogen (secondary N) is 2. The Labute approximate surface area is 117 Å². The Kier molecular flexibility index (Phi) is 4.45. The van der Waals surface area contributed by atoms with Crippen LogP contribution in [-0.4, -0.2) is 30.3 Å². The molecule has 0 bridgehead atoms. The van der Waals surface area contributed by atoms with Crippen LogP contribution in [0.15, 0.2) is 24.3 Å². The van der Waals surface area contributed by atoms with Gasteiger partial charge in [0.15, 0.2) is 0 Å². The number of carbonyl (C=O) groups is 2. The molecule has 0 radical (unpaired) electrons. The Morgan fingerprint density at radius 1 is 1.45 bits per heavy atom. The van der Waals surface area contributed by atoms with Crippen LogP contribution in [0.5, 0.6) is 5.75 Å². The maximum Gasteiger partial charge on any atom is 0.315 e. The van der Waals surface area contributed by atoms with Crippen LogP contribution in [0, 0.1) is 5.92 Å². The summed E-state index contributed by atoms with van der Waals surface area (Å²) in [4.78, 5) is 22.6. The summed E-state index contributed by atoms with van der Waals surface area (Å²) >= 11 is 0. The quantitative estimate of drug-likeness (QED) is 0.762. The molecule has 1 aromatic rings. The molecular weight excluding hydrogens is 260 g/mol. The molecule has 0 saturated carbocycles. The predicted octanol–water partition coefficient (Wildman–Crippen LogP) is 1.53. The molecule has 0 saturated heterocycles. The molecule has 1 aromatic carbocycles. The van der Waals surface area contributed by atoms with Crippen molar-refractivity contribution < 1.29 is 19.4 Å². The third-order valence-corrected chi connectivity index (χ3v) is 3.36. The number of ether oxygens (including phenoxy) is 1. The van der Waals surface area contributed by atoms with Crippen molar-refractivity contribution in [1.82, 2.24) is 10.6 Å². The van der Waals surface area contributed by atoms with E-state index in [-0.39, 0.29) is 18.6 Å². The van der Waals surface area contributed by atoms with Gasteiger partial charge in [0.1, 0.15) is 12.4 Å².